The Balaban J connectivity index is 1.56. The lowest BCUT2D eigenvalue weighted by molar-refractivity contribution is -0.124. The summed E-state index contributed by atoms with van der Waals surface area (Å²) in [6, 6.07) is 15.1. The second-order valence-electron chi connectivity index (χ2n) is 8.33. The molecular weight excluding hydrogens is 418 g/mol. The van der Waals surface area contributed by atoms with Gasteiger partial charge in [-0.05, 0) is 43.0 Å². The first kappa shape index (κ1) is 19.9. The molecule has 2 aromatic rings. The van der Waals surface area contributed by atoms with Crippen molar-refractivity contribution in [3.8, 4) is 0 Å². The summed E-state index contributed by atoms with van der Waals surface area (Å²) in [5.74, 6) is 0.884. The van der Waals surface area contributed by atoms with E-state index in [1.165, 1.54) is 11.8 Å². The number of thioether (sulfide) groups is 1. The third kappa shape index (κ3) is 3.04. The molecule has 30 heavy (non-hydrogen) atoms. The number of halogens is 1. The Hall–Kier alpha value is -2.02. The minimum Gasteiger partial charge on any atom is -0.295 e. The Labute approximate surface area is 186 Å². The molecule has 2 amide bonds. The highest BCUT2D eigenvalue weighted by Gasteiger charge is 2.61. The molecular formula is C23H24ClN3O2S. The number of amides is 2. The number of piperidine rings is 1. The number of anilines is 2. The summed E-state index contributed by atoms with van der Waals surface area (Å²) in [4.78, 5) is 31.8. The maximum Gasteiger partial charge on any atom is 0.269 e. The second kappa shape index (κ2) is 7.59. The van der Waals surface area contributed by atoms with Crippen LogP contribution in [0.2, 0.25) is 5.02 Å². The Morgan fingerprint density at radius 3 is 2.63 bits per heavy atom. The molecule has 0 unspecified atom stereocenters. The number of hydrogen-bond donors (Lipinski definition) is 0. The molecule has 156 valence electrons. The van der Waals surface area contributed by atoms with E-state index < -0.39 is 4.87 Å². The summed E-state index contributed by atoms with van der Waals surface area (Å²) in [5.41, 5.74) is 2.45. The molecule has 2 fully saturated rings. The maximum absolute atomic E-state index is 14.0. The first-order valence-electron chi connectivity index (χ1n) is 10.4. The fourth-order valence-corrected chi connectivity index (χ4v) is 6.26. The molecule has 0 bridgehead atoms. The molecule has 3 aliphatic rings. The van der Waals surface area contributed by atoms with Crippen molar-refractivity contribution in [3.05, 3.63) is 59.1 Å². The van der Waals surface area contributed by atoms with Crippen molar-refractivity contribution in [3.63, 3.8) is 0 Å². The Morgan fingerprint density at radius 2 is 1.87 bits per heavy atom. The zero-order chi connectivity index (χ0) is 20.9. The first-order valence-corrected chi connectivity index (χ1v) is 11.7. The summed E-state index contributed by atoms with van der Waals surface area (Å²) in [5, 5.41) is 0.547. The van der Waals surface area contributed by atoms with E-state index in [1.807, 2.05) is 41.3 Å². The van der Waals surface area contributed by atoms with Crippen LogP contribution < -0.4 is 9.80 Å². The van der Waals surface area contributed by atoms with E-state index in [0.29, 0.717) is 17.4 Å². The normalized spacial score (nSPS) is 24.9. The van der Waals surface area contributed by atoms with Crippen LogP contribution in [0.1, 0.15) is 25.3 Å². The number of carbonyl (C=O) groups is 2. The standard InChI is InChI=1S/C23H24ClN3O2S/c1-16-9-11-25(12-10-16)15-26-20-8-3-2-7-19(20)23(22(26)29)27(21(28)14-30-23)18-6-4-5-17(24)13-18/h2-8,13,16H,9-12,14-15H2,1H3/t23-/m0/s1. The van der Waals surface area contributed by atoms with Gasteiger partial charge in [0.2, 0.25) is 10.8 Å². The highest BCUT2D eigenvalue weighted by molar-refractivity contribution is 8.02. The number of benzene rings is 2. The van der Waals surface area contributed by atoms with Gasteiger partial charge in [0.05, 0.1) is 18.1 Å². The summed E-state index contributed by atoms with van der Waals surface area (Å²) in [6.07, 6.45) is 2.30. The fraction of sp³-hybridized carbons (Fsp3) is 0.391. The molecule has 3 aliphatic heterocycles. The highest BCUT2D eigenvalue weighted by Crippen LogP contribution is 2.55. The third-order valence-corrected chi connectivity index (χ3v) is 7.97. The molecule has 2 saturated heterocycles. The van der Waals surface area contributed by atoms with Crippen LogP contribution in [0.5, 0.6) is 0 Å². The van der Waals surface area contributed by atoms with Gasteiger partial charge in [0.1, 0.15) is 0 Å². The van der Waals surface area contributed by atoms with E-state index in [-0.39, 0.29) is 17.6 Å². The van der Waals surface area contributed by atoms with Crippen LogP contribution in [0.25, 0.3) is 0 Å². The molecule has 0 aromatic heterocycles. The summed E-state index contributed by atoms with van der Waals surface area (Å²) >= 11 is 7.63. The number of fused-ring (bicyclic) bond motifs is 2. The van der Waals surface area contributed by atoms with Gasteiger partial charge in [0, 0.05) is 29.4 Å². The van der Waals surface area contributed by atoms with Crippen LogP contribution in [-0.4, -0.2) is 42.2 Å². The van der Waals surface area contributed by atoms with Crippen molar-refractivity contribution in [2.24, 2.45) is 5.92 Å². The van der Waals surface area contributed by atoms with E-state index in [2.05, 4.69) is 11.8 Å². The van der Waals surface area contributed by atoms with Crippen LogP contribution in [0.3, 0.4) is 0 Å². The van der Waals surface area contributed by atoms with Crippen molar-refractivity contribution in [2.75, 3.05) is 35.3 Å². The predicted octanol–water partition coefficient (Wildman–Crippen LogP) is 4.31. The van der Waals surface area contributed by atoms with Crippen molar-refractivity contribution >= 4 is 46.6 Å². The van der Waals surface area contributed by atoms with Crippen molar-refractivity contribution in [2.45, 2.75) is 24.6 Å². The monoisotopic (exact) mass is 441 g/mol. The molecule has 1 spiro atoms. The summed E-state index contributed by atoms with van der Waals surface area (Å²) < 4.78 is 0. The van der Waals surface area contributed by atoms with Gasteiger partial charge in [-0.25, -0.2) is 0 Å². The van der Waals surface area contributed by atoms with Gasteiger partial charge in [0.25, 0.3) is 5.91 Å². The molecule has 3 heterocycles. The van der Waals surface area contributed by atoms with Crippen LogP contribution in [0.4, 0.5) is 11.4 Å². The molecule has 2 aromatic carbocycles. The van der Waals surface area contributed by atoms with Crippen molar-refractivity contribution in [1.29, 1.82) is 0 Å². The molecule has 7 heteroatoms. The summed E-state index contributed by atoms with van der Waals surface area (Å²) in [7, 11) is 0. The highest BCUT2D eigenvalue weighted by atomic mass is 35.5. The van der Waals surface area contributed by atoms with E-state index in [0.717, 1.165) is 43.1 Å². The third-order valence-electron chi connectivity index (χ3n) is 6.35. The molecule has 0 radical (unpaired) electrons. The SMILES string of the molecule is CC1CCN(CN2C(=O)[C@@]3(SCC(=O)N3c3cccc(Cl)c3)c3ccccc32)CC1. The Bertz CT molecular complexity index is 1010. The average Bonchev–Trinajstić information content (AvgIpc) is 3.21. The maximum atomic E-state index is 14.0. The molecule has 0 saturated carbocycles. The van der Waals surface area contributed by atoms with Gasteiger partial charge in [-0.15, -0.1) is 11.8 Å². The molecule has 1 atom stereocenters. The van der Waals surface area contributed by atoms with Gasteiger partial charge >= 0.3 is 0 Å². The summed E-state index contributed by atoms with van der Waals surface area (Å²) in [6.45, 7) is 4.82. The van der Waals surface area contributed by atoms with Gasteiger partial charge in [-0.1, -0.05) is 42.8 Å². The van der Waals surface area contributed by atoms with E-state index in [4.69, 9.17) is 11.6 Å². The zero-order valence-corrected chi connectivity index (χ0v) is 18.5. The Morgan fingerprint density at radius 1 is 1.10 bits per heavy atom. The number of likely N-dealkylation sites (tertiary alicyclic amines) is 1. The number of hydrogen-bond acceptors (Lipinski definition) is 4. The lowest BCUT2D eigenvalue weighted by Gasteiger charge is -2.35. The minimum atomic E-state index is -1.07. The van der Waals surface area contributed by atoms with Gasteiger partial charge in [-0.3, -0.25) is 24.3 Å². The van der Waals surface area contributed by atoms with Crippen molar-refractivity contribution < 1.29 is 9.59 Å². The lowest BCUT2D eigenvalue weighted by atomic mass is 10.00. The average molecular weight is 442 g/mol. The van der Waals surface area contributed by atoms with Crippen LogP contribution in [0.15, 0.2) is 48.5 Å². The largest absolute Gasteiger partial charge is 0.295 e. The zero-order valence-electron chi connectivity index (χ0n) is 16.9. The van der Waals surface area contributed by atoms with Crippen LogP contribution in [0, 0.1) is 5.92 Å². The molecule has 0 aliphatic carbocycles. The van der Waals surface area contributed by atoms with E-state index >= 15 is 0 Å². The molecule has 0 N–H and O–H groups in total. The van der Waals surface area contributed by atoms with Crippen LogP contribution in [-0.2, 0) is 14.5 Å². The number of carbonyl (C=O) groups excluding carboxylic acids is 2. The molecule has 5 rings (SSSR count). The second-order valence-corrected chi connectivity index (χ2v) is 9.94. The van der Waals surface area contributed by atoms with E-state index in [9.17, 15) is 9.59 Å². The quantitative estimate of drug-likeness (QED) is 0.712. The smallest absolute Gasteiger partial charge is 0.269 e. The fourth-order valence-electron chi connectivity index (χ4n) is 4.71. The lowest BCUT2D eigenvalue weighted by Crippen LogP contribution is -2.52. The van der Waals surface area contributed by atoms with Gasteiger partial charge in [0.15, 0.2) is 0 Å². The van der Waals surface area contributed by atoms with E-state index in [1.54, 1.807) is 17.0 Å². The topological polar surface area (TPSA) is 43.9 Å². The minimum absolute atomic E-state index is 0.0434. The number of para-hydroxylation sites is 1. The number of nitrogens with zero attached hydrogens (tertiary/aromatic N) is 3. The Kier molecular flexibility index (Phi) is 5.04. The predicted molar refractivity (Wildman–Crippen MR) is 122 cm³/mol. The van der Waals surface area contributed by atoms with Crippen molar-refractivity contribution in [1.82, 2.24) is 4.90 Å². The molecule has 5 nitrogen and oxygen atoms in total. The van der Waals surface area contributed by atoms with Gasteiger partial charge < -0.3 is 0 Å². The number of rotatable bonds is 3. The first-order chi connectivity index (χ1) is 14.5. The van der Waals surface area contributed by atoms with Crippen LogP contribution >= 0.6 is 23.4 Å². The van der Waals surface area contributed by atoms with Gasteiger partial charge in [-0.2, -0.15) is 0 Å².